The Morgan fingerprint density at radius 2 is 2.05 bits per heavy atom. The Morgan fingerprint density at radius 3 is 2.68 bits per heavy atom. The Kier molecular flexibility index (Phi) is 6.37. The first-order valence-corrected chi connectivity index (χ1v) is 9.35. The highest BCUT2D eigenvalue weighted by Gasteiger charge is 2.27. The van der Waals surface area contributed by atoms with E-state index in [0.29, 0.717) is 19.1 Å². The van der Waals surface area contributed by atoms with Crippen molar-refractivity contribution in [3.05, 3.63) is 29.8 Å². The van der Waals surface area contributed by atoms with Gasteiger partial charge < -0.3 is 10.5 Å². The molecule has 5 nitrogen and oxygen atoms in total. The summed E-state index contributed by atoms with van der Waals surface area (Å²) in [7, 11) is -1.96. The number of methoxy groups -OCH3 is 1. The van der Waals surface area contributed by atoms with Crippen molar-refractivity contribution in [3.63, 3.8) is 0 Å². The van der Waals surface area contributed by atoms with Gasteiger partial charge >= 0.3 is 0 Å². The zero-order valence-electron chi connectivity index (χ0n) is 13.1. The molecule has 2 rings (SSSR count). The van der Waals surface area contributed by atoms with Crippen LogP contribution in [0.25, 0.3) is 0 Å². The third-order valence-corrected chi connectivity index (χ3v) is 5.79. The largest absolute Gasteiger partial charge is 0.380 e. The van der Waals surface area contributed by atoms with Crippen molar-refractivity contribution in [1.82, 2.24) is 4.72 Å². The van der Waals surface area contributed by atoms with Gasteiger partial charge in [-0.1, -0.05) is 31.4 Å². The molecule has 0 spiro atoms. The van der Waals surface area contributed by atoms with E-state index in [1.165, 1.54) is 6.42 Å². The van der Waals surface area contributed by atoms with E-state index in [1.54, 1.807) is 25.3 Å². The van der Waals surface area contributed by atoms with Crippen molar-refractivity contribution in [1.29, 1.82) is 0 Å². The molecular weight excluding hydrogens is 300 g/mol. The molecule has 0 heterocycles. The van der Waals surface area contributed by atoms with Gasteiger partial charge in [0.2, 0.25) is 10.0 Å². The van der Waals surface area contributed by atoms with E-state index in [9.17, 15) is 8.42 Å². The van der Waals surface area contributed by atoms with E-state index in [-0.39, 0.29) is 10.9 Å². The summed E-state index contributed by atoms with van der Waals surface area (Å²) in [5.74, 6) is 0.343. The molecule has 1 saturated carbocycles. The molecular formula is C16H26N2O3S. The maximum absolute atomic E-state index is 12.6. The third kappa shape index (κ3) is 4.52. The summed E-state index contributed by atoms with van der Waals surface area (Å²) in [6, 6.07) is 6.66. The van der Waals surface area contributed by atoms with E-state index < -0.39 is 10.0 Å². The normalized spacial score (nSPS) is 18.3. The maximum Gasteiger partial charge on any atom is 0.240 e. The lowest BCUT2D eigenvalue weighted by Gasteiger charge is -2.29. The summed E-state index contributed by atoms with van der Waals surface area (Å²) in [6.07, 6.45) is 5.65. The van der Waals surface area contributed by atoms with Gasteiger partial charge in [0, 0.05) is 19.7 Å². The van der Waals surface area contributed by atoms with Crippen molar-refractivity contribution < 1.29 is 13.2 Å². The number of benzene rings is 1. The second-order valence-electron chi connectivity index (χ2n) is 5.94. The molecule has 1 unspecified atom stereocenters. The number of hydrogen-bond donors (Lipinski definition) is 2. The standard InChI is InChI=1S/C16H26N2O3S/c1-21-12-13-6-5-9-15(10-13)22(19,20)18-16(11-17)14-7-3-2-4-8-14/h5-6,9-10,14,16,18H,2-4,7-8,11-12,17H2,1H3. The van der Waals surface area contributed by atoms with Crippen LogP contribution in [0.1, 0.15) is 37.7 Å². The summed E-state index contributed by atoms with van der Waals surface area (Å²) < 4.78 is 33.0. The van der Waals surface area contributed by atoms with E-state index in [2.05, 4.69) is 4.72 Å². The van der Waals surface area contributed by atoms with Crippen molar-refractivity contribution in [3.8, 4) is 0 Å². The fourth-order valence-corrected chi connectivity index (χ4v) is 4.50. The Morgan fingerprint density at radius 1 is 1.32 bits per heavy atom. The first-order valence-electron chi connectivity index (χ1n) is 7.87. The third-order valence-electron chi connectivity index (χ3n) is 4.30. The topological polar surface area (TPSA) is 81.4 Å². The fourth-order valence-electron chi connectivity index (χ4n) is 3.11. The van der Waals surface area contributed by atoms with Crippen LogP contribution in [0, 0.1) is 5.92 Å². The predicted molar refractivity (Wildman–Crippen MR) is 86.9 cm³/mol. The van der Waals surface area contributed by atoms with Crippen molar-refractivity contribution in [2.45, 2.75) is 49.6 Å². The summed E-state index contributed by atoms with van der Waals surface area (Å²) in [4.78, 5) is 0.274. The minimum Gasteiger partial charge on any atom is -0.380 e. The lowest BCUT2D eigenvalue weighted by molar-refractivity contribution is 0.184. The van der Waals surface area contributed by atoms with Crippen LogP contribution in [0.3, 0.4) is 0 Å². The number of rotatable bonds is 7. The average Bonchev–Trinajstić information content (AvgIpc) is 2.54. The van der Waals surface area contributed by atoms with Gasteiger partial charge in [-0.2, -0.15) is 0 Å². The van der Waals surface area contributed by atoms with Gasteiger partial charge in [0.05, 0.1) is 11.5 Å². The number of hydrogen-bond acceptors (Lipinski definition) is 4. The van der Waals surface area contributed by atoms with Gasteiger partial charge in [0.1, 0.15) is 0 Å². The minimum atomic E-state index is -3.55. The van der Waals surface area contributed by atoms with E-state index in [1.807, 2.05) is 6.07 Å². The molecule has 1 fully saturated rings. The lowest BCUT2D eigenvalue weighted by Crippen LogP contribution is -2.45. The second kappa shape index (κ2) is 8.06. The molecule has 0 amide bonds. The molecule has 0 saturated heterocycles. The zero-order valence-corrected chi connectivity index (χ0v) is 13.9. The van der Waals surface area contributed by atoms with Crippen LogP contribution < -0.4 is 10.5 Å². The van der Waals surface area contributed by atoms with Crippen LogP contribution in [0.4, 0.5) is 0 Å². The SMILES string of the molecule is COCc1cccc(S(=O)(=O)NC(CN)C2CCCCC2)c1. The molecule has 1 aliphatic rings. The van der Waals surface area contributed by atoms with Crippen molar-refractivity contribution >= 4 is 10.0 Å². The molecule has 1 aliphatic carbocycles. The lowest BCUT2D eigenvalue weighted by atomic mass is 9.84. The molecule has 0 bridgehead atoms. The van der Waals surface area contributed by atoms with Crippen LogP contribution >= 0.6 is 0 Å². The minimum absolute atomic E-state index is 0.184. The molecule has 6 heteroatoms. The Bertz CT molecular complexity index is 569. The smallest absolute Gasteiger partial charge is 0.240 e. The van der Waals surface area contributed by atoms with Crippen molar-refractivity contribution in [2.75, 3.05) is 13.7 Å². The molecule has 0 aliphatic heterocycles. The average molecular weight is 326 g/mol. The highest BCUT2D eigenvalue weighted by Crippen LogP contribution is 2.27. The van der Waals surface area contributed by atoms with Crippen LogP contribution in [0.2, 0.25) is 0 Å². The first kappa shape index (κ1) is 17.4. The summed E-state index contributed by atoms with van der Waals surface area (Å²) in [6.45, 7) is 0.730. The van der Waals surface area contributed by atoms with Crippen LogP contribution in [0.15, 0.2) is 29.2 Å². The molecule has 0 radical (unpaired) electrons. The Labute approximate surface area is 133 Å². The molecule has 0 aromatic heterocycles. The number of ether oxygens (including phenoxy) is 1. The second-order valence-corrected chi connectivity index (χ2v) is 7.66. The predicted octanol–water partition coefficient (Wildman–Crippen LogP) is 2.02. The zero-order chi connectivity index (χ0) is 16.0. The number of nitrogens with two attached hydrogens (primary N) is 1. The van der Waals surface area contributed by atoms with E-state index in [0.717, 1.165) is 31.2 Å². The number of nitrogens with one attached hydrogen (secondary N) is 1. The molecule has 22 heavy (non-hydrogen) atoms. The summed E-state index contributed by atoms with van der Waals surface area (Å²) in [5, 5.41) is 0. The summed E-state index contributed by atoms with van der Waals surface area (Å²) >= 11 is 0. The number of sulfonamides is 1. The van der Waals surface area contributed by atoms with Crippen LogP contribution in [0.5, 0.6) is 0 Å². The van der Waals surface area contributed by atoms with Gasteiger partial charge in [0.15, 0.2) is 0 Å². The summed E-state index contributed by atoms with van der Waals surface area (Å²) in [5.41, 5.74) is 6.66. The van der Waals surface area contributed by atoms with Gasteiger partial charge in [-0.3, -0.25) is 0 Å². The Balaban J connectivity index is 2.13. The highest BCUT2D eigenvalue weighted by atomic mass is 32.2. The maximum atomic E-state index is 12.6. The fraction of sp³-hybridized carbons (Fsp3) is 0.625. The first-order chi connectivity index (χ1) is 10.6. The monoisotopic (exact) mass is 326 g/mol. The molecule has 3 N–H and O–H groups in total. The van der Waals surface area contributed by atoms with E-state index >= 15 is 0 Å². The Hall–Kier alpha value is -0.950. The highest BCUT2D eigenvalue weighted by molar-refractivity contribution is 7.89. The molecule has 1 atom stereocenters. The van der Waals surface area contributed by atoms with Gasteiger partial charge in [-0.15, -0.1) is 0 Å². The van der Waals surface area contributed by atoms with Crippen LogP contribution in [-0.4, -0.2) is 28.1 Å². The molecule has 1 aromatic rings. The van der Waals surface area contributed by atoms with Gasteiger partial charge in [-0.25, -0.2) is 13.1 Å². The molecule has 124 valence electrons. The van der Waals surface area contributed by atoms with Crippen molar-refractivity contribution in [2.24, 2.45) is 11.7 Å². The van der Waals surface area contributed by atoms with Crippen LogP contribution in [-0.2, 0) is 21.4 Å². The molecule has 1 aromatic carbocycles. The van der Waals surface area contributed by atoms with Gasteiger partial charge in [0.25, 0.3) is 0 Å². The quantitative estimate of drug-likeness (QED) is 0.803. The van der Waals surface area contributed by atoms with Gasteiger partial charge in [-0.05, 0) is 36.5 Å². The van der Waals surface area contributed by atoms with E-state index in [4.69, 9.17) is 10.5 Å².